The number of fused-ring (bicyclic) bond motifs is 1. The number of rotatable bonds is 5. The summed E-state index contributed by atoms with van der Waals surface area (Å²) in [6.45, 7) is -0.243. The van der Waals surface area contributed by atoms with Crippen molar-refractivity contribution in [3.63, 3.8) is 0 Å². The molecule has 3 rings (SSSR count). The number of carbonyl (C=O) groups excluding carboxylic acids is 3. The van der Waals surface area contributed by atoms with Crippen molar-refractivity contribution in [3.8, 4) is 0 Å². The Hall–Kier alpha value is -2.72. The summed E-state index contributed by atoms with van der Waals surface area (Å²) in [4.78, 5) is 48.9. The quantitative estimate of drug-likeness (QED) is 0.602. The smallest absolute Gasteiger partial charge is 0.407 e. The Labute approximate surface area is 169 Å². The van der Waals surface area contributed by atoms with Crippen LogP contribution < -0.4 is 10.6 Å². The van der Waals surface area contributed by atoms with Crippen molar-refractivity contribution in [2.75, 3.05) is 19.4 Å². The Kier molecular flexibility index (Phi) is 5.80. The van der Waals surface area contributed by atoms with Gasteiger partial charge >= 0.3 is 12.1 Å². The predicted octanol–water partition coefficient (Wildman–Crippen LogP) is 1.05. The number of hydrogen-bond acceptors (Lipinski definition) is 6. The average Bonchev–Trinajstić information content (AvgIpc) is 2.69. The number of benzene rings is 1. The number of carbonyl (C=O) groups is 4. The maximum Gasteiger partial charge on any atom is 0.407 e. The number of hydrogen-bond donors (Lipinski definition) is 3. The van der Waals surface area contributed by atoms with Gasteiger partial charge in [-0.15, -0.1) is 11.8 Å². The van der Waals surface area contributed by atoms with Crippen molar-refractivity contribution in [3.05, 3.63) is 46.1 Å². The summed E-state index contributed by atoms with van der Waals surface area (Å²) < 4.78 is 4.91. The molecule has 0 radical (unpaired) electrons. The molecule has 1 saturated heterocycles. The average molecular weight is 426 g/mol. The van der Waals surface area contributed by atoms with Crippen LogP contribution in [0.5, 0.6) is 0 Å². The minimum absolute atomic E-state index is 0.213. The van der Waals surface area contributed by atoms with Gasteiger partial charge in [0.25, 0.3) is 11.8 Å². The molecule has 1 aromatic rings. The summed E-state index contributed by atoms with van der Waals surface area (Å²) in [5.74, 6) is -2.03. The minimum Gasteiger partial charge on any atom is -0.477 e. The van der Waals surface area contributed by atoms with Gasteiger partial charge in [0.05, 0.1) is 0 Å². The number of alkyl carbamates (subject to hydrolysis) is 1. The number of carboxylic acids is 1. The molecule has 28 heavy (non-hydrogen) atoms. The second-order valence-electron chi connectivity index (χ2n) is 5.95. The lowest BCUT2D eigenvalue weighted by molar-refractivity contribution is -0.148. The van der Waals surface area contributed by atoms with Gasteiger partial charge in [-0.05, 0) is 24.3 Å². The zero-order valence-corrected chi connectivity index (χ0v) is 16.2. The van der Waals surface area contributed by atoms with Crippen molar-refractivity contribution in [2.45, 2.75) is 11.4 Å². The van der Waals surface area contributed by atoms with Crippen LogP contribution >= 0.6 is 23.4 Å². The minimum atomic E-state index is -1.29. The molecule has 2 atom stereocenters. The molecule has 0 aliphatic carbocycles. The molecule has 9 nitrogen and oxygen atoms in total. The number of β-lactam (4-membered cyclic amide) rings is 1. The Morgan fingerprint density at radius 1 is 1.32 bits per heavy atom. The third-order valence-corrected chi connectivity index (χ3v) is 5.82. The molecule has 0 saturated carbocycles. The second-order valence-corrected chi connectivity index (χ2v) is 7.49. The molecule has 2 heterocycles. The van der Waals surface area contributed by atoms with Crippen LogP contribution in [0.15, 0.2) is 35.5 Å². The molecule has 1 unspecified atom stereocenters. The number of carboxylic acid groups (broad SMARTS) is 1. The topological polar surface area (TPSA) is 125 Å². The maximum absolute atomic E-state index is 12.5. The number of thioether (sulfide) groups is 1. The molecule has 11 heteroatoms. The molecular formula is C17H16ClN3O6S. The van der Waals surface area contributed by atoms with Crippen molar-refractivity contribution in [2.24, 2.45) is 0 Å². The zero-order chi connectivity index (χ0) is 20.4. The lowest BCUT2D eigenvalue weighted by Gasteiger charge is -2.49. The molecular weight excluding hydrogens is 410 g/mol. The highest BCUT2D eigenvalue weighted by molar-refractivity contribution is 8.00. The number of nitrogens with one attached hydrogen (secondary N) is 2. The molecule has 0 bridgehead atoms. The first-order chi connectivity index (χ1) is 13.3. The lowest BCUT2D eigenvalue weighted by Crippen LogP contribution is -2.70. The van der Waals surface area contributed by atoms with Crippen LogP contribution in [0.2, 0.25) is 5.02 Å². The molecule has 2 aliphatic rings. The van der Waals surface area contributed by atoms with E-state index in [9.17, 15) is 24.3 Å². The highest BCUT2D eigenvalue weighted by Crippen LogP contribution is 2.40. The van der Waals surface area contributed by atoms with E-state index >= 15 is 0 Å². The van der Waals surface area contributed by atoms with Crippen LogP contribution in [0, 0.1) is 0 Å². The summed E-state index contributed by atoms with van der Waals surface area (Å²) in [5.41, 5.74) is 0.438. The van der Waals surface area contributed by atoms with Crippen LogP contribution in [-0.4, -0.2) is 64.7 Å². The molecule has 3 amide bonds. The molecule has 0 aromatic heterocycles. The van der Waals surface area contributed by atoms with Crippen molar-refractivity contribution in [1.29, 1.82) is 0 Å². The summed E-state index contributed by atoms with van der Waals surface area (Å²) >= 11 is 7.09. The fraction of sp³-hybridized carbons (Fsp3) is 0.294. The van der Waals surface area contributed by atoms with Gasteiger partial charge in [0.2, 0.25) is 0 Å². The molecule has 1 aromatic carbocycles. The van der Waals surface area contributed by atoms with Gasteiger partial charge in [0, 0.05) is 29.0 Å². The van der Waals surface area contributed by atoms with Gasteiger partial charge in [0.1, 0.15) is 23.7 Å². The standard InChI is InChI=1S/C17H16ClN3O6S/c1-19-17(26)27-6-9-7-28-15-11(14(23)21(15)12(9)16(24)25)20-13(22)8-2-4-10(18)5-3-8/h2-5,11,15H,6-7H2,1H3,(H,19,26)(H,20,22)(H,24,25)/t11?,15-/m0/s1. The molecule has 148 valence electrons. The zero-order valence-electron chi connectivity index (χ0n) is 14.6. The summed E-state index contributed by atoms with van der Waals surface area (Å²) in [5, 5.41) is 14.4. The summed E-state index contributed by atoms with van der Waals surface area (Å²) in [6, 6.07) is 5.34. The SMILES string of the molecule is CNC(=O)OCC1=C(C(=O)O)N2C(=O)C(NC(=O)c3ccc(Cl)cc3)[C@@H]2SC1. The van der Waals surface area contributed by atoms with E-state index in [1.165, 1.54) is 30.9 Å². The van der Waals surface area contributed by atoms with Gasteiger partial charge in [-0.1, -0.05) is 11.6 Å². The summed E-state index contributed by atoms with van der Waals surface area (Å²) in [7, 11) is 1.38. The first-order valence-electron chi connectivity index (χ1n) is 8.14. The van der Waals surface area contributed by atoms with Gasteiger partial charge in [0.15, 0.2) is 0 Å². The fourth-order valence-electron chi connectivity index (χ4n) is 2.85. The van der Waals surface area contributed by atoms with Crippen LogP contribution in [0.3, 0.4) is 0 Å². The van der Waals surface area contributed by atoms with Gasteiger partial charge in [-0.3, -0.25) is 14.5 Å². The van der Waals surface area contributed by atoms with Crippen molar-refractivity contribution in [1.82, 2.24) is 15.5 Å². The van der Waals surface area contributed by atoms with Gasteiger partial charge < -0.3 is 20.5 Å². The van der Waals surface area contributed by atoms with E-state index in [2.05, 4.69) is 10.6 Å². The third-order valence-electron chi connectivity index (χ3n) is 4.22. The highest BCUT2D eigenvalue weighted by Gasteiger charge is 2.54. The number of halogens is 1. The number of aliphatic carboxylic acids is 1. The van der Waals surface area contributed by atoms with Crippen molar-refractivity contribution >= 4 is 47.2 Å². The Bertz CT molecular complexity index is 872. The molecule has 1 fully saturated rings. The van der Waals surface area contributed by atoms with Crippen LogP contribution in [0.1, 0.15) is 10.4 Å². The number of amides is 3. The first kappa shape index (κ1) is 20.0. The Morgan fingerprint density at radius 2 is 2.00 bits per heavy atom. The summed E-state index contributed by atoms with van der Waals surface area (Å²) in [6.07, 6.45) is -0.701. The number of nitrogens with zero attached hydrogens (tertiary/aromatic N) is 1. The van der Waals surface area contributed by atoms with E-state index in [4.69, 9.17) is 16.3 Å². The molecule has 0 spiro atoms. The van der Waals surface area contributed by atoms with Crippen molar-refractivity contribution < 1.29 is 29.0 Å². The van der Waals surface area contributed by atoms with E-state index < -0.39 is 35.3 Å². The molecule has 2 aliphatic heterocycles. The van der Waals surface area contributed by atoms with E-state index in [1.807, 2.05) is 0 Å². The predicted molar refractivity (Wildman–Crippen MR) is 101 cm³/mol. The van der Waals surface area contributed by atoms with Gasteiger partial charge in [-0.2, -0.15) is 0 Å². The van der Waals surface area contributed by atoms with E-state index in [0.717, 1.165) is 4.90 Å². The highest BCUT2D eigenvalue weighted by atomic mass is 35.5. The van der Waals surface area contributed by atoms with Crippen LogP contribution in [-0.2, 0) is 14.3 Å². The maximum atomic E-state index is 12.5. The normalized spacial score (nSPS) is 20.8. The monoisotopic (exact) mass is 425 g/mol. The van der Waals surface area contributed by atoms with E-state index in [1.54, 1.807) is 12.1 Å². The van der Waals surface area contributed by atoms with E-state index in [-0.39, 0.29) is 18.1 Å². The Morgan fingerprint density at radius 3 is 2.61 bits per heavy atom. The second kappa shape index (κ2) is 8.11. The third kappa shape index (κ3) is 3.78. The van der Waals surface area contributed by atoms with E-state index in [0.29, 0.717) is 16.2 Å². The van der Waals surface area contributed by atoms with Crippen LogP contribution in [0.25, 0.3) is 0 Å². The fourth-order valence-corrected chi connectivity index (χ4v) is 4.30. The largest absolute Gasteiger partial charge is 0.477 e. The number of ether oxygens (including phenoxy) is 1. The Balaban J connectivity index is 1.73. The lowest BCUT2D eigenvalue weighted by atomic mass is 10.0. The first-order valence-corrected chi connectivity index (χ1v) is 9.57. The molecule has 3 N–H and O–H groups in total. The van der Waals surface area contributed by atoms with Crippen LogP contribution in [0.4, 0.5) is 4.79 Å². The van der Waals surface area contributed by atoms with Gasteiger partial charge in [-0.25, -0.2) is 9.59 Å².